The minimum Gasteiger partial charge on any atom is -0.360 e. The zero-order valence-corrected chi connectivity index (χ0v) is 15.7. The maximum absolute atomic E-state index is 10.7. The van der Waals surface area contributed by atoms with Gasteiger partial charge in [0.25, 0.3) is 5.69 Å². The van der Waals surface area contributed by atoms with Crippen LogP contribution in [0, 0.1) is 28.4 Å². The summed E-state index contributed by atoms with van der Waals surface area (Å²) in [5.41, 5.74) is 3.62. The number of nitriles is 1. The highest BCUT2D eigenvalue weighted by Crippen LogP contribution is 2.28. The van der Waals surface area contributed by atoms with Crippen LogP contribution in [0.5, 0.6) is 0 Å². The maximum Gasteiger partial charge on any atom is 0.269 e. The molecule has 3 aromatic rings. The third kappa shape index (κ3) is 4.31. The number of hydrogen-bond donors (Lipinski definition) is 1. The summed E-state index contributed by atoms with van der Waals surface area (Å²) in [7, 11) is 0. The Morgan fingerprint density at radius 1 is 1.33 bits per heavy atom. The van der Waals surface area contributed by atoms with Crippen LogP contribution in [0.15, 0.2) is 54.0 Å². The van der Waals surface area contributed by atoms with E-state index in [1.165, 1.54) is 23.5 Å². The van der Waals surface area contributed by atoms with Crippen molar-refractivity contribution in [2.24, 2.45) is 0 Å². The van der Waals surface area contributed by atoms with Gasteiger partial charge in [-0.1, -0.05) is 17.7 Å². The molecular formula is C19H13ClN4O2S. The van der Waals surface area contributed by atoms with Crippen molar-refractivity contribution in [3.63, 3.8) is 0 Å². The first-order valence-corrected chi connectivity index (χ1v) is 9.07. The molecule has 1 heterocycles. The van der Waals surface area contributed by atoms with Gasteiger partial charge in [0, 0.05) is 40.0 Å². The topological polar surface area (TPSA) is 91.8 Å². The van der Waals surface area contributed by atoms with E-state index in [-0.39, 0.29) is 5.69 Å². The fourth-order valence-electron chi connectivity index (χ4n) is 2.33. The number of allylic oxidation sites excluding steroid dienone is 1. The van der Waals surface area contributed by atoms with Crippen LogP contribution >= 0.6 is 22.9 Å². The summed E-state index contributed by atoms with van der Waals surface area (Å²) in [5.74, 6) is 0. The number of non-ortho nitro benzene ring substituents is 1. The predicted molar refractivity (Wildman–Crippen MR) is 108 cm³/mol. The van der Waals surface area contributed by atoms with Gasteiger partial charge in [0.15, 0.2) is 0 Å². The largest absolute Gasteiger partial charge is 0.360 e. The highest BCUT2D eigenvalue weighted by Gasteiger charge is 2.11. The van der Waals surface area contributed by atoms with E-state index in [4.69, 9.17) is 11.6 Å². The number of rotatable bonds is 5. The molecule has 0 fully saturated rings. The number of nitro benzene ring substituents is 1. The van der Waals surface area contributed by atoms with Crippen molar-refractivity contribution < 1.29 is 4.92 Å². The van der Waals surface area contributed by atoms with E-state index in [2.05, 4.69) is 16.4 Å². The standard InChI is InChI=1S/C19H13ClN4O2S/c1-12-2-5-15(20)8-17(12)22-10-14(9-21)19-23-18(11-27-19)13-3-6-16(7-4-13)24(25)26/h2-8,10-11,22H,1H3. The fraction of sp³-hybridized carbons (Fsp3) is 0.0526. The van der Waals surface area contributed by atoms with Crippen LogP contribution in [-0.2, 0) is 0 Å². The Balaban J connectivity index is 1.84. The van der Waals surface area contributed by atoms with E-state index in [1.807, 2.05) is 18.4 Å². The van der Waals surface area contributed by atoms with Crippen molar-refractivity contribution in [1.29, 1.82) is 5.26 Å². The summed E-state index contributed by atoms with van der Waals surface area (Å²) < 4.78 is 0. The van der Waals surface area contributed by atoms with Crippen molar-refractivity contribution in [3.8, 4) is 17.3 Å². The molecule has 3 rings (SSSR count). The number of aromatic nitrogens is 1. The smallest absolute Gasteiger partial charge is 0.269 e. The van der Waals surface area contributed by atoms with E-state index in [9.17, 15) is 15.4 Å². The molecule has 134 valence electrons. The van der Waals surface area contributed by atoms with Crippen LogP contribution in [0.2, 0.25) is 5.02 Å². The zero-order chi connectivity index (χ0) is 19.4. The molecule has 0 bridgehead atoms. The molecule has 0 aliphatic carbocycles. The Hall–Kier alpha value is -3.21. The first kappa shape index (κ1) is 18.6. The van der Waals surface area contributed by atoms with Crippen LogP contribution < -0.4 is 5.32 Å². The second kappa shape index (κ2) is 7.99. The number of anilines is 1. The van der Waals surface area contributed by atoms with E-state index in [0.29, 0.717) is 21.3 Å². The number of nitrogens with zero attached hydrogens (tertiary/aromatic N) is 3. The molecule has 2 aromatic carbocycles. The normalized spacial score (nSPS) is 11.1. The molecule has 8 heteroatoms. The van der Waals surface area contributed by atoms with Crippen molar-refractivity contribution in [1.82, 2.24) is 4.98 Å². The molecule has 0 aliphatic rings. The van der Waals surface area contributed by atoms with E-state index in [0.717, 1.165) is 16.8 Å². The number of hydrogen-bond acceptors (Lipinski definition) is 6. The molecule has 0 radical (unpaired) electrons. The summed E-state index contributed by atoms with van der Waals surface area (Å²) >= 11 is 7.33. The molecule has 1 N–H and O–H groups in total. The number of nitrogens with one attached hydrogen (secondary N) is 1. The Morgan fingerprint density at radius 2 is 2.07 bits per heavy atom. The predicted octanol–water partition coefficient (Wildman–Crippen LogP) is 5.66. The molecular weight excluding hydrogens is 384 g/mol. The summed E-state index contributed by atoms with van der Waals surface area (Å²) in [6.45, 7) is 1.94. The molecule has 0 saturated carbocycles. The third-order valence-electron chi connectivity index (χ3n) is 3.80. The van der Waals surface area contributed by atoms with Gasteiger partial charge in [0.1, 0.15) is 16.6 Å². The average Bonchev–Trinajstić information content (AvgIpc) is 3.15. The molecule has 0 saturated heterocycles. The highest BCUT2D eigenvalue weighted by molar-refractivity contribution is 7.11. The molecule has 0 amide bonds. The Labute approximate surface area is 164 Å². The van der Waals surface area contributed by atoms with Gasteiger partial charge in [-0.3, -0.25) is 10.1 Å². The third-order valence-corrected chi connectivity index (χ3v) is 4.91. The number of nitro groups is 1. The van der Waals surface area contributed by atoms with Crippen LogP contribution in [0.3, 0.4) is 0 Å². The lowest BCUT2D eigenvalue weighted by Gasteiger charge is -2.06. The van der Waals surface area contributed by atoms with Gasteiger partial charge in [-0.2, -0.15) is 5.26 Å². The molecule has 6 nitrogen and oxygen atoms in total. The van der Waals surface area contributed by atoms with Gasteiger partial charge < -0.3 is 5.32 Å². The Morgan fingerprint density at radius 3 is 2.74 bits per heavy atom. The van der Waals surface area contributed by atoms with Crippen molar-refractivity contribution in [3.05, 3.63) is 79.8 Å². The van der Waals surface area contributed by atoms with Gasteiger partial charge in [-0.15, -0.1) is 11.3 Å². The molecule has 0 unspecified atom stereocenters. The van der Waals surface area contributed by atoms with Gasteiger partial charge in [-0.05, 0) is 36.8 Å². The Bertz CT molecular complexity index is 1070. The van der Waals surface area contributed by atoms with E-state index < -0.39 is 4.92 Å². The minimum atomic E-state index is -0.448. The average molecular weight is 397 g/mol. The van der Waals surface area contributed by atoms with Crippen molar-refractivity contribution in [2.75, 3.05) is 5.32 Å². The van der Waals surface area contributed by atoms with Gasteiger partial charge >= 0.3 is 0 Å². The van der Waals surface area contributed by atoms with Gasteiger partial charge in [0.05, 0.1) is 10.6 Å². The first-order chi connectivity index (χ1) is 13.0. The fourth-order valence-corrected chi connectivity index (χ4v) is 3.29. The number of thiazole rings is 1. The van der Waals surface area contributed by atoms with Crippen LogP contribution in [0.4, 0.5) is 11.4 Å². The van der Waals surface area contributed by atoms with Crippen LogP contribution in [-0.4, -0.2) is 9.91 Å². The molecule has 1 aromatic heterocycles. The van der Waals surface area contributed by atoms with Gasteiger partial charge in [0.2, 0.25) is 0 Å². The van der Waals surface area contributed by atoms with E-state index in [1.54, 1.807) is 30.5 Å². The first-order valence-electron chi connectivity index (χ1n) is 7.81. The van der Waals surface area contributed by atoms with Gasteiger partial charge in [-0.25, -0.2) is 4.98 Å². The monoisotopic (exact) mass is 396 g/mol. The highest BCUT2D eigenvalue weighted by atomic mass is 35.5. The summed E-state index contributed by atoms with van der Waals surface area (Å²) in [6.07, 6.45) is 1.59. The quantitative estimate of drug-likeness (QED) is 0.341. The van der Waals surface area contributed by atoms with E-state index >= 15 is 0 Å². The van der Waals surface area contributed by atoms with Crippen molar-refractivity contribution in [2.45, 2.75) is 6.92 Å². The second-order valence-corrected chi connectivity index (χ2v) is 6.91. The zero-order valence-electron chi connectivity index (χ0n) is 14.1. The lowest BCUT2D eigenvalue weighted by atomic mass is 10.1. The number of halogens is 1. The lowest BCUT2D eigenvalue weighted by molar-refractivity contribution is -0.384. The minimum absolute atomic E-state index is 0.0212. The maximum atomic E-state index is 10.7. The summed E-state index contributed by atoms with van der Waals surface area (Å²) in [5, 5.41) is 26.3. The second-order valence-electron chi connectivity index (χ2n) is 5.62. The Kier molecular flexibility index (Phi) is 5.50. The summed E-state index contributed by atoms with van der Waals surface area (Å²) in [4.78, 5) is 14.8. The molecule has 27 heavy (non-hydrogen) atoms. The molecule has 0 aliphatic heterocycles. The molecule has 0 atom stereocenters. The lowest BCUT2D eigenvalue weighted by Crippen LogP contribution is -1.93. The molecule has 0 spiro atoms. The van der Waals surface area contributed by atoms with Crippen LogP contribution in [0.1, 0.15) is 10.6 Å². The van der Waals surface area contributed by atoms with Crippen molar-refractivity contribution >= 4 is 39.9 Å². The SMILES string of the molecule is Cc1ccc(Cl)cc1NC=C(C#N)c1nc(-c2ccc([N+](=O)[O-])cc2)cs1. The van der Waals surface area contributed by atoms with Crippen LogP contribution in [0.25, 0.3) is 16.8 Å². The summed E-state index contributed by atoms with van der Waals surface area (Å²) in [6, 6.07) is 13.7. The number of aryl methyl sites for hydroxylation is 1. The number of benzene rings is 2.